The van der Waals surface area contributed by atoms with Gasteiger partial charge in [-0.2, -0.15) is 4.39 Å². The van der Waals surface area contributed by atoms with Crippen LogP contribution in [0.3, 0.4) is 0 Å². The molecule has 2 atom stereocenters. The van der Waals surface area contributed by atoms with Gasteiger partial charge in [0.15, 0.2) is 0 Å². The molecule has 1 aliphatic rings. The first-order chi connectivity index (χ1) is 9.51. The van der Waals surface area contributed by atoms with Crippen LogP contribution in [0.5, 0.6) is 0 Å². The maximum Gasteiger partial charge on any atom is 0.306 e. The van der Waals surface area contributed by atoms with Crippen LogP contribution in [0.2, 0.25) is 0 Å². The number of hydrogen-bond acceptors (Lipinski definition) is 5. The smallest absolute Gasteiger partial charge is 0.306 e. The zero-order valence-electron chi connectivity index (χ0n) is 10.5. The number of benzene rings is 1. The maximum atomic E-state index is 13.2. The maximum absolute atomic E-state index is 13.2. The van der Waals surface area contributed by atoms with Crippen molar-refractivity contribution in [1.29, 1.82) is 0 Å². The van der Waals surface area contributed by atoms with Crippen LogP contribution in [-0.2, 0) is 9.53 Å². The van der Waals surface area contributed by atoms with Crippen molar-refractivity contribution >= 4 is 17.3 Å². The number of rotatable bonds is 4. The van der Waals surface area contributed by atoms with Crippen LogP contribution in [0.15, 0.2) is 18.2 Å². The van der Waals surface area contributed by atoms with E-state index in [-0.39, 0.29) is 11.8 Å². The summed E-state index contributed by atoms with van der Waals surface area (Å²) in [5.41, 5.74) is 4.92. The molecular formula is C12H14FN3O4. The van der Waals surface area contributed by atoms with Crippen molar-refractivity contribution in [3.05, 3.63) is 34.1 Å². The Morgan fingerprint density at radius 3 is 2.90 bits per heavy atom. The van der Waals surface area contributed by atoms with E-state index < -0.39 is 28.4 Å². The predicted octanol–water partition coefficient (Wildman–Crippen LogP) is 1.18. The van der Waals surface area contributed by atoms with E-state index in [9.17, 15) is 19.3 Å². The summed E-state index contributed by atoms with van der Waals surface area (Å²) in [5.74, 6) is -1.37. The Bertz CT molecular complexity index is 537. The van der Waals surface area contributed by atoms with Crippen LogP contribution in [0.1, 0.15) is 12.8 Å². The van der Waals surface area contributed by atoms with Gasteiger partial charge in [-0.15, -0.1) is 0 Å². The number of ether oxygens (including phenoxy) is 1. The lowest BCUT2D eigenvalue weighted by Crippen LogP contribution is -2.29. The van der Waals surface area contributed by atoms with Gasteiger partial charge < -0.3 is 15.8 Å². The largest absolute Gasteiger partial charge is 0.364 e. The van der Waals surface area contributed by atoms with Crippen LogP contribution in [0.4, 0.5) is 15.8 Å². The van der Waals surface area contributed by atoms with Crippen LogP contribution in [-0.4, -0.2) is 29.6 Å². The van der Waals surface area contributed by atoms with Crippen molar-refractivity contribution in [2.45, 2.75) is 25.0 Å². The Labute approximate surface area is 114 Å². The summed E-state index contributed by atoms with van der Waals surface area (Å²) in [7, 11) is 0. The monoisotopic (exact) mass is 283 g/mol. The molecule has 20 heavy (non-hydrogen) atoms. The van der Waals surface area contributed by atoms with Crippen LogP contribution < -0.4 is 11.1 Å². The second-order valence-electron chi connectivity index (χ2n) is 4.47. The molecule has 0 radical (unpaired) electrons. The Balaban J connectivity index is 2.05. The number of carbonyl (C=O) groups excluding carboxylic acids is 1. The third-order valence-corrected chi connectivity index (χ3v) is 3.07. The highest BCUT2D eigenvalue weighted by molar-refractivity contribution is 5.94. The van der Waals surface area contributed by atoms with Gasteiger partial charge in [0.2, 0.25) is 5.82 Å². The van der Waals surface area contributed by atoms with Crippen molar-refractivity contribution < 1.29 is 18.8 Å². The van der Waals surface area contributed by atoms with E-state index in [1.807, 2.05) is 0 Å². The molecule has 3 N–H and O–H groups in total. The van der Waals surface area contributed by atoms with Gasteiger partial charge in [-0.05, 0) is 25.0 Å². The zero-order chi connectivity index (χ0) is 14.7. The summed E-state index contributed by atoms with van der Waals surface area (Å²) in [6, 6.07) is 3.17. The van der Waals surface area contributed by atoms with E-state index in [0.717, 1.165) is 12.1 Å². The molecule has 8 heteroatoms. The number of nitrogens with one attached hydrogen (secondary N) is 1. The SMILES string of the molecule is NCC1CCC(C(=O)Nc2ccc(F)c([N+](=O)[O-])c2)O1. The third kappa shape index (κ3) is 3.09. The molecule has 1 heterocycles. The standard InChI is InChI=1S/C12H14FN3O4/c13-9-3-1-7(5-10(9)16(18)19)15-12(17)11-4-2-8(6-14)20-11/h1,3,5,8,11H,2,4,6,14H2,(H,15,17). The number of halogens is 1. The number of amides is 1. The number of nitro groups is 1. The molecule has 7 nitrogen and oxygen atoms in total. The molecule has 0 aliphatic carbocycles. The minimum atomic E-state index is -0.951. The minimum absolute atomic E-state index is 0.145. The number of nitro benzene ring substituents is 1. The molecular weight excluding hydrogens is 269 g/mol. The zero-order valence-corrected chi connectivity index (χ0v) is 10.5. The highest BCUT2D eigenvalue weighted by atomic mass is 19.1. The molecule has 1 aliphatic heterocycles. The lowest BCUT2D eigenvalue weighted by Gasteiger charge is -2.12. The average Bonchev–Trinajstić information content (AvgIpc) is 2.89. The topological polar surface area (TPSA) is 107 Å². The first-order valence-corrected chi connectivity index (χ1v) is 6.11. The molecule has 0 aromatic heterocycles. The molecule has 1 saturated heterocycles. The average molecular weight is 283 g/mol. The molecule has 1 fully saturated rings. The first-order valence-electron chi connectivity index (χ1n) is 6.11. The second-order valence-corrected chi connectivity index (χ2v) is 4.47. The number of carbonyl (C=O) groups is 1. The number of nitrogens with zero attached hydrogens (tertiary/aromatic N) is 1. The van der Waals surface area contributed by atoms with Crippen molar-refractivity contribution in [2.24, 2.45) is 5.73 Å². The molecule has 2 unspecified atom stereocenters. The minimum Gasteiger partial charge on any atom is -0.364 e. The fourth-order valence-corrected chi connectivity index (χ4v) is 2.03. The molecule has 0 spiro atoms. The van der Waals surface area contributed by atoms with E-state index in [1.54, 1.807) is 0 Å². The van der Waals surface area contributed by atoms with E-state index in [2.05, 4.69) is 5.32 Å². The molecule has 0 saturated carbocycles. The van der Waals surface area contributed by atoms with Crippen LogP contribution in [0, 0.1) is 15.9 Å². The van der Waals surface area contributed by atoms with Crippen molar-refractivity contribution in [2.75, 3.05) is 11.9 Å². The molecule has 1 aromatic rings. The molecule has 108 valence electrons. The highest BCUT2D eigenvalue weighted by Gasteiger charge is 2.30. The van der Waals surface area contributed by atoms with Gasteiger partial charge >= 0.3 is 5.69 Å². The van der Waals surface area contributed by atoms with Crippen molar-refractivity contribution in [3.63, 3.8) is 0 Å². The fraction of sp³-hybridized carbons (Fsp3) is 0.417. The second kappa shape index (κ2) is 5.93. The third-order valence-electron chi connectivity index (χ3n) is 3.07. The Hall–Kier alpha value is -2.06. The Kier molecular flexibility index (Phi) is 4.26. The van der Waals surface area contributed by atoms with Crippen LogP contribution >= 0.6 is 0 Å². The number of hydrogen-bond donors (Lipinski definition) is 2. The summed E-state index contributed by atoms with van der Waals surface area (Å²) in [4.78, 5) is 21.7. The summed E-state index contributed by atoms with van der Waals surface area (Å²) < 4.78 is 18.6. The van der Waals surface area contributed by atoms with Gasteiger partial charge in [0.05, 0.1) is 11.0 Å². The van der Waals surface area contributed by atoms with E-state index >= 15 is 0 Å². The van der Waals surface area contributed by atoms with Gasteiger partial charge in [0.1, 0.15) is 6.10 Å². The molecule has 1 aromatic carbocycles. The van der Waals surface area contributed by atoms with Crippen molar-refractivity contribution in [1.82, 2.24) is 0 Å². The fourth-order valence-electron chi connectivity index (χ4n) is 2.03. The van der Waals surface area contributed by atoms with Gasteiger partial charge in [-0.3, -0.25) is 14.9 Å². The Morgan fingerprint density at radius 2 is 2.30 bits per heavy atom. The van der Waals surface area contributed by atoms with Gasteiger partial charge in [0, 0.05) is 18.3 Å². The van der Waals surface area contributed by atoms with Gasteiger partial charge in [-0.1, -0.05) is 0 Å². The lowest BCUT2D eigenvalue weighted by molar-refractivity contribution is -0.387. The van der Waals surface area contributed by atoms with Crippen molar-refractivity contribution in [3.8, 4) is 0 Å². The summed E-state index contributed by atoms with van der Waals surface area (Å²) >= 11 is 0. The highest BCUT2D eigenvalue weighted by Crippen LogP contribution is 2.24. The number of nitrogens with two attached hydrogens (primary N) is 1. The normalized spacial score (nSPS) is 21.7. The first kappa shape index (κ1) is 14.4. The predicted molar refractivity (Wildman–Crippen MR) is 68.6 cm³/mol. The van der Waals surface area contributed by atoms with E-state index in [1.165, 1.54) is 6.07 Å². The van der Waals surface area contributed by atoms with Crippen LogP contribution in [0.25, 0.3) is 0 Å². The molecule has 1 amide bonds. The molecule has 0 bridgehead atoms. The summed E-state index contributed by atoms with van der Waals surface area (Å²) in [6.45, 7) is 0.339. The Morgan fingerprint density at radius 1 is 1.55 bits per heavy atom. The molecule has 2 rings (SSSR count). The van der Waals surface area contributed by atoms with E-state index in [0.29, 0.717) is 19.4 Å². The van der Waals surface area contributed by atoms with Gasteiger partial charge in [0.25, 0.3) is 5.91 Å². The number of anilines is 1. The lowest BCUT2D eigenvalue weighted by atomic mass is 10.2. The summed E-state index contributed by atoms with van der Waals surface area (Å²) in [5, 5.41) is 13.1. The quantitative estimate of drug-likeness (QED) is 0.637. The van der Waals surface area contributed by atoms with E-state index in [4.69, 9.17) is 10.5 Å². The summed E-state index contributed by atoms with van der Waals surface area (Å²) in [6.07, 6.45) is 0.454. The van der Waals surface area contributed by atoms with Gasteiger partial charge in [-0.25, -0.2) is 0 Å².